The van der Waals surface area contributed by atoms with E-state index in [1.807, 2.05) is 30.3 Å². The van der Waals surface area contributed by atoms with E-state index < -0.39 is 23.5 Å². The summed E-state index contributed by atoms with van der Waals surface area (Å²) in [6.07, 6.45) is -0.272. The Balaban J connectivity index is 1.72. The van der Waals surface area contributed by atoms with E-state index in [0.717, 1.165) is 17.7 Å². The molecular formula is C18H15F2NO3. The summed E-state index contributed by atoms with van der Waals surface area (Å²) >= 11 is 0. The highest BCUT2D eigenvalue weighted by molar-refractivity contribution is 5.67. The van der Waals surface area contributed by atoms with Gasteiger partial charge in [0.2, 0.25) is 0 Å². The number of rotatable bonds is 4. The van der Waals surface area contributed by atoms with Crippen molar-refractivity contribution >= 4 is 6.09 Å². The van der Waals surface area contributed by atoms with Crippen molar-refractivity contribution in [3.05, 3.63) is 65.2 Å². The Morgan fingerprint density at radius 2 is 1.96 bits per heavy atom. The molecule has 0 bridgehead atoms. The Hall–Kier alpha value is -3.07. The van der Waals surface area contributed by atoms with Gasteiger partial charge in [0.05, 0.1) is 0 Å². The molecule has 2 rings (SSSR count). The van der Waals surface area contributed by atoms with Gasteiger partial charge in [-0.2, -0.15) is 4.39 Å². The van der Waals surface area contributed by atoms with Gasteiger partial charge in [0.1, 0.15) is 6.61 Å². The predicted molar refractivity (Wildman–Crippen MR) is 84.1 cm³/mol. The van der Waals surface area contributed by atoms with Crippen LogP contribution >= 0.6 is 0 Å². The lowest BCUT2D eigenvalue weighted by molar-refractivity contribution is 0.140. The number of hydrogen-bond acceptors (Lipinski definition) is 3. The summed E-state index contributed by atoms with van der Waals surface area (Å²) in [5.41, 5.74) is 1.03. The van der Waals surface area contributed by atoms with Crippen LogP contribution in [0.2, 0.25) is 0 Å². The lowest BCUT2D eigenvalue weighted by atomic mass is 10.2. The average molecular weight is 331 g/mol. The molecule has 0 aromatic heterocycles. The predicted octanol–water partition coefficient (Wildman–Crippen LogP) is 3.34. The number of hydrogen-bond donors (Lipinski definition) is 2. The minimum Gasteiger partial charge on any atom is -0.505 e. The van der Waals surface area contributed by atoms with Crippen LogP contribution in [0.25, 0.3) is 0 Å². The standard InChI is InChI=1S/C18H15F2NO3/c19-15-10-14(11-16(22)17(15)20)8-4-5-9-21-18(23)24-12-13-6-2-1-3-7-13/h1-3,6-7,10-11,22H,5,9,12H2,(H,21,23). The average Bonchev–Trinajstić information content (AvgIpc) is 2.58. The zero-order valence-corrected chi connectivity index (χ0v) is 12.7. The van der Waals surface area contributed by atoms with E-state index in [4.69, 9.17) is 9.84 Å². The van der Waals surface area contributed by atoms with Crippen LogP contribution in [0.15, 0.2) is 42.5 Å². The Morgan fingerprint density at radius 1 is 1.21 bits per heavy atom. The molecule has 2 aromatic carbocycles. The molecule has 4 nitrogen and oxygen atoms in total. The topological polar surface area (TPSA) is 58.6 Å². The summed E-state index contributed by atoms with van der Waals surface area (Å²) in [7, 11) is 0. The Labute approximate surface area is 138 Å². The lowest BCUT2D eigenvalue weighted by Gasteiger charge is -2.05. The van der Waals surface area contributed by atoms with Crippen LogP contribution in [-0.2, 0) is 11.3 Å². The Kier molecular flexibility index (Phi) is 6.15. The van der Waals surface area contributed by atoms with Crippen molar-refractivity contribution in [2.45, 2.75) is 13.0 Å². The summed E-state index contributed by atoms with van der Waals surface area (Å²) < 4.78 is 31.0. The van der Waals surface area contributed by atoms with E-state index in [0.29, 0.717) is 6.42 Å². The quantitative estimate of drug-likeness (QED) is 0.667. The molecule has 24 heavy (non-hydrogen) atoms. The fourth-order valence-electron chi connectivity index (χ4n) is 1.81. The van der Waals surface area contributed by atoms with Crippen molar-refractivity contribution in [2.24, 2.45) is 0 Å². The van der Waals surface area contributed by atoms with Crippen molar-refractivity contribution in [1.82, 2.24) is 5.32 Å². The molecule has 0 aliphatic heterocycles. The van der Waals surface area contributed by atoms with Gasteiger partial charge >= 0.3 is 6.09 Å². The third-order valence-corrected chi connectivity index (χ3v) is 2.97. The number of alkyl carbamates (subject to hydrolysis) is 1. The second-order valence-corrected chi connectivity index (χ2v) is 4.83. The molecule has 0 saturated carbocycles. The minimum absolute atomic E-state index is 0.151. The van der Waals surface area contributed by atoms with E-state index >= 15 is 0 Å². The fourth-order valence-corrected chi connectivity index (χ4v) is 1.81. The largest absolute Gasteiger partial charge is 0.505 e. The van der Waals surface area contributed by atoms with Gasteiger partial charge in [-0.1, -0.05) is 42.2 Å². The van der Waals surface area contributed by atoms with Gasteiger partial charge in [0, 0.05) is 18.5 Å². The monoisotopic (exact) mass is 331 g/mol. The zero-order valence-electron chi connectivity index (χ0n) is 12.7. The number of ether oxygens (including phenoxy) is 1. The van der Waals surface area contributed by atoms with Crippen molar-refractivity contribution in [2.75, 3.05) is 6.54 Å². The van der Waals surface area contributed by atoms with E-state index in [1.165, 1.54) is 0 Å². The van der Waals surface area contributed by atoms with Crippen molar-refractivity contribution < 1.29 is 23.4 Å². The first-order chi connectivity index (χ1) is 11.6. The van der Waals surface area contributed by atoms with Crippen LogP contribution in [0.4, 0.5) is 13.6 Å². The summed E-state index contributed by atoms with van der Waals surface area (Å²) in [5.74, 6) is 2.00. The molecule has 2 aromatic rings. The molecule has 0 saturated heterocycles. The van der Waals surface area contributed by atoms with Crippen LogP contribution in [0, 0.1) is 23.5 Å². The number of aromatic hydroxyl groups is 1. The number of nitrogens with one attached hydrogen (secondary N) is 1. The van der Waals surface area contributed by atoms with Crippen LogP contribution in [0.5, 0.6) is 5.75 Å². The normalized spacial score (nSPS) is 9.75. The second-order valence-electron chi connectivity index (χ2n) is 4.83. The summed E-state index contributed by atoms with van der Waals surface area (Å²) in [6.45, 7) is 0.419. The molecule has 0 atom stereocenters. The van der Waals surface area contributed by atoms with Gasteiger partial charge in [-0.3, -0.25) is 0 Å². The SMILES string of the molecule is O=C(NCCC#Cc1cc(O)c(F)c(F)c1)OCc1ccccc1. The molecule has 0 fully saturated rings. The highest BCUT2D eigenvalue weighted by Gasteiger charge is 2.08. The van der Waals surface area contributed by atoms with Gasteiger partial charge in [0.25, 0.3) is 0 Å². The van der Waals surface area contributed by atoms with Crippen molar-refractivity contribution in [3.8, 4) is 17.6 Å². The van der Waals surface area contributed by atoms with E-state index in [-0.39, 0.29) is 18.7 Å². The first kappa shape index (κ1) is 17.3. The van der Waals surface area contributed by atoms with E-state index in [2.05, 4.69) is 17.2 Å². The highest BCUT2D eigenvalue weighted by atomic mass is 19.2. The molecule has 0 aliphatic rings. The van der Waals surface area contributed by atoms with Gasteiger partial charge in [0.15, 0.2) is 17.4 Å². The van der Waals surface area contributed by atoms with Gasteiger partial charge in [-0.05, 0) is 17.7 Å². The molecular weight excluding hydrogens is 316 g/mol. The summed E-state index contributed by atoms with van der Waals surface area (Å²) in [5, 5.41) is 11.7. The summed E-state index contributed by atoms with van der Waals surface area (Å²) in [6, 6.07) is 11.2. The van der Waals surface area contributed by atoms with Gasteiger partial charge in [-0.25, -0.2) is 9.18 Å². The molecule has 0 heterocycles. The highest BCUT2D eigenvalue weighted by Crippen LogP contribution is 2.19. The number of phenols is 1. The first-order valence-electron chi connectivity index (χ1n) is 7.17. The Morgan fingerprint density at radius 3 is 2.67 bits per heavy atom. The van der Waals surface area contributed by atoms with E-state index in [9.17, 15) is 13.6 Å². The first-order valence-corrected chi connectivity index (χ1v) is 7.17. The molecule has 0 radical (unpaired) electrons. The number of carbonyl (C=O) groups excluding carboxylic acids is 1. The number of phenolic OH excluding ortho intramolecular Hbond substituents is 1. The number of halogens is 2. The third-order valence-electron chi connectivity index (χ3n) is 2.97. The minimum atomic E-state index is -1.30. The van der Waals surface area contributed by atoms with Crippen LogP contribution < -0.4 is 5.32 Å². The fraction of sp³-hybridized carbons (Fsp3) is 0.167. The molecule has 124 valence electrons. The number of benzene rings is 2. The van der Waals surface area contributed by atoms with Crippen molar-refractivity contribution in [1.29, 1.82) is 0 Å². The molecule has 2 N–H and O–H groups in total. The maximum Gasteiger partial charge on any atom is 0.407 e. The zero-order chi connectivity index (χ0) is 17.4. The van der Waals surface area contributed by atoms with Crippen LogP contribution in [0.1, 0.15) is 17.5 Å². The number of carbonyl (C=O) groups is 1. The van der Waals surface area contributed by atoms with Crippen LogP contribution in [0.3, 0.4) is 0 Å². The van der Waals surface area contributed by atoms with Gasteiger partial charge in [-0.15, -0.1) is 0 Å². The second kappa shape index (κ2) is 8.53. The molecule has 6 heteroatoms. The number of amides is 1. The van der Waals surface area contributed by atoms with Crippen molar-refractivity contribution in [3.63, 3.8) is 0 Å². The molecule has 0 unspecified atom stereocenters. The maximum atomic E-state index is 13.1. The Bertz CT molecular complexity index is 744. The van der Waals surface area contributed by atoms with Gasteiger partial charge < -0.3 is 15.2 Å². The third kappa shape index (κ3) is 5.29. The smallest absolute Gasteiger partial charge is 0.407 e. The molecule has 0 spiro atoms. The molecule has 1 amide bonds. The molecule has 0 aliphatic carbocycles. The summed E-state index contributed by atoms with van der Waals surface area (Å²) in [4.78, 5) is 11.5. The maximum absolute atomic E-state index is 13.1. The van der Waals surface area contributed by atoms with E-state index in [1.54, 1.807) is 0 Å². The lowest BCUT2D eigenvalue weighted by Crippen LogP contribution is -2.24. The van der Waals surface area contributed by atoms with Crippen LogP contribution in [-0.4, -0.2) is 17.7 Å².